The highest BCUT2D eigenvalue weighted by Gasteiger charge is 2.44. The van der Waals surface area contributed by atoms with E-state index in [-0.39, 0.29) is 5.54 Å². The molecule has 2 unspecified atom stereocenters. The molecule has 2 rings (SSSR count). The quantitative estimate of drug-likeness (QED) is 0.840. The van der Waals surface area contributed by atoms with Crippen molar-refractivity contribution in [3.05, 3.63) is 0 Å². The van der Waals surface area contributed by atoms with Gasteiger partial charge >= 0.3 is 0 Å². The molecule has 0 spiro atoms. The number of likely N-dealkylation sites (tertiary alicyclic amines) is 1. The molecule has 1 aliphatic carbocycles. The minimum Gasteiger partial charge on any atom is -0.329 e. The van der Waals surface area contributed by atoms with Gasteiger partial charge in [-0.1, -0.05) is 20.8 Å². The minimum absolute atomic E-state index is 0.223. The summed E-state index contributed by atoms with van der Waals surface area (Å²) in [5, 5.41) is 0. The lowest BCUT2D eigenvalue weighted by molar-refractivity contribution is 0.000108. The lowest BCUT2D eigenvalue weighted by Crippen LogP contribution is -2.58. The maximum Gasteiger partial charge on any atom is 0.0336 e. The van der Waals surface area contributed by atoms with Crippen LogP contribution in [0.3, 0.4) is 0 Å². The maximum atomic E-state index is 6.25. The summed E-state index contributed by atoms with van der Waals surface area (Å²) in [4.78, 5) is 5.20. The molecule has 0 aromatic carbocycles. The summed E-state index contributed by atoms with van der Waals surface area (Å²) in [6.07, 6.45) is 6.63. The van der Waals surface area contributed by atoms with Crippen LogP contribution >= 0.6 is 0 Å². The van der Waals surface area contributed by atoms with Gasteiger partial charge < -0.3 is 10.6 Å². The van der Waals surface area contributed by atoms with E-state index in [9.17, 15) is 0 Å². The molecule has 1 aliphatic heterocycles. The Morgan fingerprint density at radius 3 is 2.40 bits per heavy atom. The van der Waals surface area contributed by atoms with Crippen LogP contribution in [0.4, 0.5) is 0 Å². The topological polar surface area (TPSA) is 32.5 Å². The van der Waals surface area contributed by atoms with Crippen molar-refractivity contribution < 1.29 is 0 Å². The minimum atomic E-state index is 0.223. The van der Waals surface area contributed by atoms with Gasteiger partial charge in [0.15, 0.2) is 0 Å². The van der Waals surface area contributed by atoms with Crippen LogP contribution in [0.5, 0.6) is 0 Å². The van der Waals surface area contributed by atoms with Crippen LogP contribution in [0.15, 0.2) is 0 Å². The molecule has 2 atom stereocenters. The number of hydrogen-bond donors (Lipinski definition) is 1. The van der Waals surface area contributed by atoms with E-state index in [0.717, 1.165) is 12.5 Å². The molecule has 1 saturated heterocycles. The van der Waals surface area contributed by atoms with E-state index in [0.29, 0.717) is 5.41 Å². The second kappa shape index (κ2) is 6.33. The Labute approximate surface area is 125 Å². The first-order valence-corrected chi connectivity index (χ1v) is 8.51. The summed E-state index contributed by atoms with van der Waals surface area (Å²) in [5.41, 5.74) is 6.90. The SMILES string of the molecule is CC1CC(C)(C)CC(CN)(N(C)CCN2CCCC2)C1. The lowest BCUT2D eigenvalue weighted by Gasteiger charge is -2.52. The van der Waals surface area contributed by atoms with E-state index in [1.54, 1.807) is 0 Å². The molecule has 2 fully saturated rings. The van der Waals surface area contributed by atoms with Gasteiger partial charge in [0.2, 0.25) is 0 Å². The first kappa shape index (κ1) is 16.3. The fourth-order valence-corrected chi connectivity index (χ4v) is 4.84. The van der Waals surface area contributed by atoms with Gasteiger partial charge in [-0.2, -0.15) is 0 Å². The fourth-order valence-electron chi connectivity index (χ4n) is 4.84. The number of hydrogen-bond acceptors (Lipinski definition) is 3. The van der Waals surface area contributed by atoms with Crippen LogP contribution in [-0.4, -0.2) is 55.1 Å². The lowest BCUT2D eigenvalue weighted by atomic mass is 9.63. The van der Waals surface area contributed by atoms with Crippen molar-refractivity contribution in [2.24, 2.45) is 17.1 Å². The van der Waals surface area contributed by atoms with E-state index in [1.165, 1.54) is 58.3 Å². The molecule has 0 radical (unpaired) electrons. The van der Waals surface area contributed by atoms with Gasteiger partial charge in [0.05, 0.1) is 0 Å². The number of nitrogens with two attached hydrogens (primary N) is 1. The molecular weight excluding hydrogens is 246 g/mol. The van der Waals surface area contributed by atoms with Crippen LogP contribution in [0.25, 0.3) is 0 Å². The third-order valence-electron chi connectivity index (χ3n) is 5.58. The van der Waals surface area contributed by atoms with Gasteiger partial charge in [-0.05, 0) is 63.6 Å². The summed E-state index contributed by atoms with van der Waals surface area (Å²) in [7, 11) is 2.30. The summed E-state index contributed by atoms with van der Waals surface area (Å²) in [6, 6.07) is 0. The third-order valence-corrected chi connectivity index (χ3v) is 5.58. The molecule has 0 bridgehead atoms. The van der Waals surface area contributed by atoms with Gasteiger partial charge in [-0.3, -0.25) is 4.90 Å². The van der Waals surface area contributed by atoms with Crippen molar-refractivity contribution >= 4 is 0 Å². The Hall–Kier alpha value is -0.120. The molecule has 1 saturated carbocycles. The Balaban J connectivity index is 1.97. The van der Waals surface area contributed by atoms with Crippen LogP contribution in [0.1, 0.15) is 52.9 Å². The third kappa shape index (κ3) is 3.75. The van der Waals surface area contributed by atoms with E-state index < -0.39 is 0 Å². The van der Waals surface area contributed by atoms with Gasteiger partial charge in [0.25, 0.3) is 0 Å². The average molecular weight is 281 g/mol. The molecule has 3 nitrogen and oxygen atoms in total. The molecule has 0 aromatic rings. The second-order valence-electron chi connectivity index (χ2n) is 8.25. The first-order chi connectivity index (χ1) is 9.37. The van der Waals surface area contributed by atoms with Gasteiger partial charge in [0.1, 0.15) is 0 Å². The Bertz CT molecular complexity index is 309. The van der Waals surface area contributed by atoms with Crippen molar-refractivity contribution in [3.63, 3.8) is 0 Å². The zero-order valence-corrected chi connectivity index (χ0v) is 14.1. The van der Waals surface area contributed by atoms with Crippen molar-refractivity contribution in [1.82, 2.24) is 9.80 Å². The Kier molecular flexibility index (Phi) is 5.14. The van der Waals surface area contributed by atoms with E-state index in [1.807, 2.05) is 0 Å². The van der Waals surface area contributed by atoms with E-state index >= 15 is 0 Å². The standard InChI is InChI=1S/C17H35N3/c1-15-11-16(2,3)13-17(12-15,14-18)19(4)9-10-20-7-5-6-8-20/h15H,5-14,18H2,1-4H3. The number of rotatable bonds is 5. The highest BCUT2D eigenvalue weighted by molar-refractivity contribution is 5.00. The Morgan fingerprint density at radius 2 is 1.85 bits per heavy atom. The smallest absolute Gasteiger partial charge is 0.0336 e. The van der Waals surface area contributed by atoms with Crippen molar-refractivity contribution in [2.45, 2.75) is 58.4 Å². The van der Waals surface area contributed by atoms with Gasteiger partial charge in [0, 0.05) is 25.2 Å². The average Bonchev–Trinajstić information content (AvgIpc) is 2.86. The molecule has 0 amide bonds. The molecular formula is C17H35N3. The summed E-state index contributed by atoms with van der Waals surface area (Å²) in [6.45, 7) is 13.0. The molecule has 3 heteroatoms. The van der Waals surface area contributed by atoms with E-state index in [4.69, 9.17) is 5.73 Å². The van der Waals surface area contributed by atoms with Crippen molar-refractivity contribution in [1.29, 1.82) is 0 Å². The second-order valence-corrected chi connectivity index (χ2v) is 8.25. The predicted octanol–water partition coefficient (Wildman–Crippen LogP) is 2.56. The normalized spacial score (nSPS) is 34.8. The largest absolute Gasteiger partial charge is 0.329 e. The number of nitrogens with zero attached hydrogens (tertiary/aromatic N) is 2. The fraction of sp³-hybridized carbons (Fsp3) is 1.00. The summed E-state index contributed by atoms with van der Waals surface area (Å²) in [5.74, 6) is 0.788. The van der Waals surface area contributed by atoms with Crippen molar-refractivity contribution in [2.75, 3.05) is 39.8 Å². The highest BCUT2D eigenvalue weighted by Crippen LogP contribution is 2.45. The Morgan fingerprint density at radius 1 is 1.20 bits per heavy atom. The van der Waals surface area contributed by atoms with Crippen LogP contribution in [0, 0.1) is 11.3 Å². The van der Waals surface area contributed by atoms with Crippen LogP contribution in [0.2, 0.25) is 0 Å². The maximum absolute atomic E-state index is 6.25. The summed E-state index contributed by atoms with van der Waals surface area (Å²) < 4.78 is 0. The molecule has 20 heavy (non-hydrogen) atoms. The predicted molar refractivity (Wildman–Crippen MR) is 86.9 cm³/mol. The molecule has 118 valence electrons. The highest BCUT2D eigenvalue weighted by atomic mass is 15.2. The molecule has 1 heterocycles. The molecule has 2 N–H and O–H groups in total. The van der Waals surface area contributed by atoms with Crippen molar-refractivity contribution in [3.8, 4) is 0 Å². The summed E-state index contributed by atoms with van der Waals surface area (Å²) >= 11 is 0. The van der Waals surface area contributed by atoms with Crippen LogP contribution < -0.4 is 5.73 Å². The zero-order chi connectivity index (χ0) is 14.8. The molecule has 0 aromatic heterocycles. The zero-order valence-electron chi connectivity index (χ0n) is 14.1. The number of likely N-dealkylation sites (N-methyl/N-ethyl adjacent to an activating group) is 1. The van der Waals surface area contributed by atoms with Gasteiger partial charge in [-0.15, -0.1) is 0 Å². The first-order valence-electron chi connectivity index (χ1n) is 8.51. The monoisotopic (exact) mass is 281 g/mol. The van der Waals surface area contributed by atoms with Crippen LogP contribution in [-0.2, 0) is 0 Å². The van der Waals surface area contributed by atoms with Gasteiger partial charge in [-0.25, -0.2) is 0 Å². The molecule has 2 aliphatic rings. The van der Waals surface area contributed by atoms with E-state index in [2.05, 4.69) is 37.6 Å².